The highest BCUT2D eigenvalue weighted by atomic mass is 16.4. The molecule has 3 aromatic heterocycles. The van der Waals surface area contributed by atoms with E-state index in [9.17, 15) is 9.90 Å². The molecule has 2 aliphatic rings. The molecular weight excluding hydrogens is 436 g/mol. The number of allylic oxidation sites excluding steroid dienone is 6. The van der Waals surface area contributed by atoms with Gasteiger partial charge in [0.25, 0.3) is 0 Å². The van der Waals surface area contributed by atoms with Crippen molar-refractivity contribution in [3.05, 3.63) is 83.8 Å². The SMILES string of the molecule is CC1(C(=O)O)CC=C(c2nc3c(C4=CC=C(c5ccccc5)CCC4)cnn3c3[nH]ccc23)CC1. The van der Waals surface area contributed by atoms with Crippen molar-refractivity contribution in [2.24, 2.45) is 5.41 Å². The van der Waals surface area contributed by atoms with Gasteiger partial charge in [-0.25, -0.2) is 4.98 Å². The minimum atomic E-state index is -0.732. The van der Waals surface area contributed by atoms with Crippen LogP contribution in [0.4, 0.5) is 0 Å². The lowest BCUT2D eigenvalue weighted by atomic mass is 9.76. The second-order valence-electron chi connectivity index (χ2n) is 9.90. The number of carboxylic acid groups (broad SMARTS) is 1. The Balaban J connectivity index is 1.44. The number of nitrogens with zero attached hydrogens (tertiary/aromatic N) is 3. The summed E-state index contributed by atoms with van der Waals surface area (Å²) in [5, 5.41) is 15.3. The Kier molecular flexibility index (Phi) is 5.17. The van der Waals surface area contributed by atoms with Crippen LogP contribution in [-0.2, 0) is 4.79 Å². The van der Waals surface area contributed by atoms with Gasteiger partial charge in [-0.3, -0.25) is 4.79 Å². The van der Waals surface area contributed by atoms with E-state index in [0.29, 0.717) is 19.3 Å². The largest absolute Gasteiger partial charge is 0.481 e. The van der Waals surface area contributed by atoms with Crippen molar-refractivity contribution in [2.75, 3.05) is 0 Å². The number of aromatic nitrogens is 4. The maximum absolute atomic E-state index is 11.7. The number of H-pyrrole nitrogens is 1. The molecule has 2 aliphatic carbocycles. The number of carboxylic acids is 1. The highest BCUT2D eigenvalue weighted by Gasteiger charge is 2.35. The molecule has 6 nitrogen and oxygen atoms in total. The van der Waals surface area contributed by atoms with Gasteiger partial charge in [-0.05, 0) is 73.8 Å². The van der Waals surface area contributed by atoms with Gasteiger partial charge in [-0.1, -0.05) is 48.6 Å². The molecule has 0 aliphatic heterocycles. The molecule has 1 unspecified atom stereocenters. The zero-order valence-electron chi connectivity index (χ0n) is 19.8. The minimum Gasteiger partial charge on any atom is -0.481 e. The zero-order chi connectivity index (χ0) is 24.0. The van der Waals surface area contributed by atoms with Gasteiger partial charge in [0.2, 0.25) is 0 Å². The van der Waals surface area contributed by atoms with Crippen LogP contribution in [0.15, 0.2) is 67.0 Å². The van der Waals surface area contributed by atoms with E-state index in [1.165, 1.54) is 16.7 Å². The third-order valence-electron chi connectivity index (χ3n) is 7.59. The number of aliphatic carboxylic acids is 1. The van der Waals surface area contributed by atoms with E-state index in [-0.39, 0.29) is 0 Å². The lowest BCUT2D eigenvalue weighted by Gasteiger charge is -2.28. The Labute approximate surface area is 203 Å². The molecule has 0 saturated carbocycles. The highest BCUT2D eigenvalue weighted by molar-refractivity contribution is 5.92. The minimum absolute atomic E-state index is 0.515. The van der Waals surface area contributed by atoms with Gasteiger partial charge in [-0.15, -0.1) is 0 Å². The van der Waals surface area contributed by atoms with Crippen molar-refractivity contribution in [1.29, 1.82) is 0 Å². The van der Waals surface area contributed by atoms with Crippen LogP contribution in [0.3, 0.4) is 0 Å². The summed E-state index contributed by atoms with van der Waals surface area (Å²) in [7, 11) is 0. The van der Waals surface area contributed by atoms with E-state index in [1.54, 1.807) is 0 Å². The Morgan fingerprint density at radius 3 is 2.63 bits per heavy atom. The summed E-state index contributed by atoms with van der Waals surface area (Å²) < 4.78 is 1.90. The summed E-state index contributed by atoms with van der Waals surface area (Å²) >= 11 is 0. The first-order chi connectivity index (χ1) is 17.0. The number of hydrogen-bond acceptors (Lipinski definition) is 3. The topological polar surface area (TPSA) is 83.3 Å². The fraction of sp³-hybridized carbons (Fsp3) is 0.276. The highest BCUT2D eigenvalue weighted by Crippen LogP contribution is 2.40. The average Bonchev–Trinajstić information content (AvgIpc) is 3.46. The molecule has 0 fully saturated rings. The van der Waals surface area contributed by atoms with Crippen molar-refractivity contribution in [3.8, 4) is 0 Å². The van der Waals surface area contributed by atoms with Crippen molar-refractivity contribution in [3.63, 3.8) is 0 Å². The molecule has 0 saturated heterocycles. The second kappa shape index (κ2) is 8.38. The number of nitrogens with one attached hydrogen (secondary N) is 1. The molecule has 6 rings (SSSR count). The maximum atomic E-state index is 11.7. The number of aromatic amines is 1. The lowest BCUT2D eigenvalue weighted by Crippen LogP contribution is -2.29. The van der Waals surface area contributed by atoms with Gasteiger partial charge in [0.15, 0.2) is 5.65 Å². The van der Waals surface area contributed by atoms with Crippen LogP contribution < -0.4 is 0 Å². The summed E-state index contributed by atoms with van der Waals surface area (Å²) in [5.74, 6) is -0.732. The van der Waals surface area contributed by atoms with Crippen LogP contribution in [0.25, 0.3) is 33.4 Å². The molecule has 0 amide bonds. The lowest BCUT2D eigenvalue weighted by molar-refractivity contribution is -0.148. The van der Waals surface area contributed by atoms with Gasteiger partial charge in [-0.2, -0.15) is 9.61 Å². The van der Waals surface area contributed by atoms with Crippen molar-refractivity contribution >= 4 is 39.4 Å². The van der Waals surface area contributed by atoms with E-state index in [1.807, 2.05) is 29.9 Å². The summed E-state index contributed by atoms with van der Waals surface area (Å²) in [5.41, 5.74) is 8.01. The predicted octanol–water partition coefficient (Wildman–Crippen LogP) is 6.52. The summed E-state index contributed by atoms with van der Waals surface area (Å²) in [6.45, 7) is 1.83. The van der Waals surface area contributed by atoms with Crippen molar-refractivity contribution in [1.82, 2.24) is 19.6 Å². The molecule has 4 aromatic rings. The Bertz CT molecular complexity index is 1540. The Morgan fingerprint density at radius 2 is 1.86 bits per heavy atom. The van der Waals surface area contributed by atoms with Crippen LogP contribution in [0, 0.1) is 5.41 Å². The molecular formula is C29H28N4O2. The van der Waals surface area contributed by atoms with Crippen LogP contribution in [0.5, 0.6) is 0 Å². The molecule has 6 heteroatoms. The monoisotopic (exact) mass is 464 g/mol. The summed E-state index contributed by atoms with van der Waals surface area (Å²) in [4.78, 5) is 20.2. The van der Waals surface area contributed by atoms with Crippen LogP contribution in [0.2, 0.25) is 0 Å². The number of fused-ring (bicyclic) bond motifs is 3. The van der Waals surface area contributed by atoms with Gasteiger partial charge < -0.3 is 10.1 Å². The first kappa shape index (κ1) is 21.6. The predicted molar refractivity (Wildman–Crippen MR) is 139 cm³/mol. The second-order valence-corrected chi connectivity index (χ2v) is 9.90. The summed E-state index contributed by atoms with van der Waals surface area (Å²) in [6, 6.07) is 12.6. The normalized spacial score (nSPS) is 20.9. The standard InChI is InChI=1S/C29H28N4O2/c1-29(28(34)35)15-12-22(13-16-29)25-23-14-17-30-26(23)33-27(32-25)24(18-31-33)21-9-5-8-20(10-11-21)19-6-3-2-4-7-19/h2-4,6-7,10-12,14,17-18,30H,5,8-9,13,15-16H2,1H3,(H,34,35). The summed E-state index contributed by atoms with van der Waals surface area (Å²) in [6.07, 6.45) is 15.3. The number of carbonyl (C=O) groups is 1. The molecule has 1 atom stereocenters. The Morgan fingerprint density at radius 1 is 1.06 bits per heavy atom. The first-order valence-corrected chi connectivity index (χ1v) is 12.3. The third kappa shape index (κ3) is 3.70. The van der Waals surface area contributed by atoms with Gasteiger partial charge >= 0.3 is 5.97 Å². The van der Waals surface area contributed by atoms with Crippen molar-refractivity contribution < 1.29 is 9.90 Å². The quantitative estimate of drug-likeness (QED) is 0.360. The van der Waals surface area contributed by atoms with Crippen LogP contribution >= 0.6 is 0 Å². The number of benzene rings is 1. The molecule has 0 spiro atoms. The Hall–Kier alpha value is -3.93. The third-order valence-corrected chi connectivity index (χ3v) is 7.59. The molecule has 2 N–H and O–H groups in total. The van der Waals surface area contributed by atoms with E-state index in [4.69, 9.17) is 10.1 Å². The molecule has 0 bridgehead atoms. The molecule has 35 heavy (non-hydrogen) atoms. The van der Waals surface area contributed by atoms with Crippen molar-refractivity contribution in [2.45, 2.75) is 45.4 Å². The number of rotatable bonds is 4. The van der Waals surface area contributed by atoms with E-state index < -0.39 is 11.4 Å². The van der Waals surface area contributed by atoms with Crippen LogP contribution in [0.1, 0.15) is 62.3 Å². The maximum Gasteiger partial charge on any atom is 0.309 e. The van der Waals surface area contributed by atoms with Crippen LogP contribution in [-0.4, -0.2) is 30.7 Å². The van der Waals surface area contributed by atoms with E-state index in [2.05, 4.69) is 53.5 Å². The fourth-order valence-electron chi connectivity index (χ4n) is 5.30. The molecule has 3 heterocycles. The van der Waals surface area contributed by atoms with Gasteiger partial charge in [0, 0.05) is 17.1 Å². The van der Waals surface area contributed by atoms with Gasteiger partial charge in [0.1, 0.15) is 5.65 Å². The number of hydrogen-bond donors (Lipinski definition) is 2. The average molecular weight is 465 g/mol. The first-order valence-electron chi connectivity index (χ1n) is 12.3. The van der Waals surface area contributed by atoms with E-state index in [0.717, 1.165) is 52.8 Å². The molecule has 0 radical (unpaired) electrons. The molecule has 1 aromatic carbocycles. The zero-order valence-corrected chi connectivity index (χ0v) is 19.8. The van der Waals surface area contributed by atoms with Gasteiger partial charge in [0.05, 0.1) is 17.3 Å². The smallest absolute Gasteiger partial charge is 0.309 e. The fourth-order valence-corrected chi connectivity index (χ4v) is 5.30. The van der Waals surface area contributed by atoms with E-state index >= 15 is 0 Å². The molecule has 176 valence electrons.